The van der Waals surface area contributed by atoms with Crippen molar-refractivity contribution in [2.75, 3.05) is 0 Å². The molecular formula is C24H27N. The molecule has 128 valence electrons. The molecule has 6 rings (SSSR count). The van der Waals surface area contributed by atoms with E-state index in [-0.39, 0.29) is 0 Å². The molecule has 25 heavy (non-hydrogen) atoms. The summed E-state index contributed by atoms with van der Waals surface area (Å²) < 4.78 is 0. The quantitative estimate of drug-likeness (QED) is 0.593. The summed E-state index contributed by atoms with van der Waals surface area (Å²) in [6.45, 7) is 2.12. The number of benzene rings is 2. The van der Waals surface area contributed by atoms with Gasteiger partial charge < -0.3 is 0 Å². The van der Waals surface area contributed by atoms with Gasteiger partial charge >= 0.3 is 0 Å². The van der Waals surface area contributed by atoms with Crippen LogP contribution in [0.4, 0.5) is 5.69 Å². The Balaban J connectivity index is 1.37. The minimum atomic E-state index is 0.494. The first-order valence-electron chi connectivity index (χ1n) is 9.90. The zero-order valence-electron chi connectivity index (χ0n) is 15.1. The van der Waals surface area contributed by atoms with Crippen molar-refractivity contribution in [1.29, 1.82) is 0 Å². The van der Waals surface area contributed by atoms with Gasteiger partial charge in [0, 0.05) is 6.21 Å². The molecule has 0 radical (unpaired) electrons. The number of hydrogen-bond acceptors (Lipinski definition) is 1. The van der Waals surface area contributed by atoms with Gasteiger partial charge in [0.25, 0.3) is 0 Å². The number of hydrogen-bond donors (Lipinski definition) is 0. The van der Waals surface area contributed by atoms with E-state index in [4.69, 9.17) is 0 Å². The Morgan fingerprint density at radius 2 is 1.52 bits per heavy atom. The fraction of sp³-hybridized carbons (Fsp3) is 0.458. The van der Waals surface area contributed by atoms with Crippen molar-refractivity contribution in [3.8, 4) is 0 Å². The van der Waals surface area contributed by atoms with Crippen LogP contribution in [0, 0.1) is 24.7 Å². The van der Waals surface area contributed by atoms with Gasteiger partial charge in [-0.15, -0.1) is 0 Å². The van der Waals surface area contributed by atoms with Gasteiger partial charge in [-0.3, -0.25) is 4.99 Å². The highest BCUT2D eigenvalue weighted by molar-refractivity contribution is 5.82. The predicted molar refractivity (Wildman–Crippen MR) is 105 cm³/mol. The first kappa shape index (κ1) is 15.4. The fourth-order valence-electron chi connectivity index (χ4n) is 6.26. The van der Waals surface area contributed by atoms with Crippen molar-refractivity contribution in [1.82, 2.24) is 0 Å². The van der Waals surface area contributed by atoms with E-state index in [0.29, 0.717) is 5.41 Å². The minimum absolute atomic E-state index is 0.494. The topological polar surface area (TPSA) is 12.4 Å². The van der Waals surface area contributed by atoms with Gasteiger partial charge in [0.2, 0.25) is 0 Å². The summed E-state index contributed by atoms with van der Waals surface area (Å²) >= 11 is 0. The van der Waals surface area contributed by atoms with Gasteiger partial charge in [-0.1, -0.05) is 42.0 Å². The van der Waals surface area contributed by atoms with Crippen LogP contribution in [0.25, 0.3) is 0 Å². The summed E-state index contributed by atoms with van der Waals surface area (Å²) in [5, 5.41) is 0. The number of aryl methyl sites for hydroxylation is 1. The first-order chi connectivity index (χ1) is 12.2. The van der Waals surface area contributed by atoms with Crippen LogP contribution in [0.15, 0.2) is 53.5 Å². The summed E-state index contributed by atoms with van der Waals surface area (Å²) in [5.74, 6) is 3.01. The number of rotatable bonds is 3. The molecule has 0 saturated heterocycles. The SMILES string of the molecule is Cc1cccc(C=Nc2ccc(C34CC5CC(CC(C5)C3)C4)cc2)c1. The lowest BCUT2D eigenvalue weighted by Crippen LogP contribution is -2.48. The van der Waals surface area contributed by atoms with Gasteiger partial charge in [0.1, 0.15) is 0 Å². The fourth-order valence-corrected chi connectivity index (χ4v) is 6.26. The van der Waals surface area contributed by atoms with Crippen LogP contribution in [0.3, 0.4) is 0 Å². The third-order valence-corrected chi connectivity index (χ3v) is 6.92. The van der Waals surface area contributed by atoms with Crippen molar-refractivity contribution in [2.24, 2.45) is 22.7 Å². The third-order valence-electron chi connectivity index (χ3n) is 6.92. The maximum atomic E-state index is 4.68. The average Bonchev–Trinajstić information content (AvgIpc) is 2.59. The molecule has 4 aliphatic carbocycles. The van der Waals surface area contributed by atoms with Crippen LogP contribution in [-0.2, 0) is 5.41 Å². The highest BCUT2D eigenvalue weighted by Crippen LogP contribution is 2.60. The second kappa shape index (κ2) is 5.83. The molecule has 4 aliphatic rings. The van der Waals surface area contributed by atoms with Crippen LogP contribution in [-0.4, -0.2) is 6.21 Å². The molecule has 1 heteroatoms. The Morgan fingerprint density at radius 3 is 2.12 bits per heavy atom. The molecule has 0 aromatic heterocycles. The Hall–Kier alpha value is -1.89. The second-order valence-corrected chi connectivity index (χ2v) is 8.92. The monoisotopic (exact) mass is 329 g/mol. The molecule has 4 saturated carbocycles. The third kappa shape index (κ3) is 2.84. The van der Waals surface area contributed by atoms with Crippen molar-refractivity contribution in [3.05, 3.63) is 65.2 Å². The van der Waals surface area contributed by atoms with E-state index < -0.39 is 0 Å². The molecule has 0 heterocycles. The van der Waals surface area contributed by atoms with E-state index in [1.165, 1.54) is 49.7 Å². The number of aliphatic imine (C=N–C) groups is 1. The zero-order valence-corrected chi connectivity index (χ0v) is 15.1. The molecule has 0 aliphatic heterocycles. The van der Waals surface area contributed by atoms with E-state index in [1.54, 1.807) is 5.56 Å². The normalized spacial score (nSPS) is 33.2. The lowest BCUT2D eigenvalue weighted by Gasteiger charge is -2.57. The zero-order chi connectivity index (χ0) is 16.9. The predicted octanol–water partition coefficient (Wildman–Crippen LogP) is 6.21. The smallest absolute Gasteiger partial charge is 0.0630 e. The van der Waals surface area contributed by atoms with E-state index >= 15 is 0 Å². The van der Waals surface area contributed by atoms with Crippen LogP contribution in [0.5, 0.6) is 0 Å². The molecule has 0 amide bonds. The summed E-state index contributed by atoms with van der Waals surface area (Å²) in [6, 6.07) is 17.7. The molecule has 4 fully saturated rings. The summed E-state index contributed by atoms with van der Waals surface area (Å²) in [6.07, 6.45) is 10.8. The highest BCUT2D eigenvalue weighted by Gasteiger charge is 2.51. The van der Waals surface area contributed by atoms with Gasteiger partial charge in [-0.2, -0.15) is 0 Å². The Labute approximate surface area is 151 Å². The highest BCUT2D eigenvalue weighted by atomic mass is 14.7. The van der Waals surface area contributed by atoms with Gasteiger partial charge in [0.05, 0.1) is 5.69 Å². The van der Waals surface area contributed by atoms with Gasteiger partial charge in [0.15, 0.2) is 0 Å². The van der Waals surface area contributed by atoms with Crippen molar-refractivity contribution in [2.45, 2.75) is 50.9 Å². The molecule has 2 aromatic rings. The number of nitrogens with zero attached hydrogens (tertiary/aromatic N) is 1. The Morgan fingerprint density at radius 1 is 0.880 bits per heavy atom. The summed E-state index contributed by atoms with van der Waals surface area (Å²) in [7, 11) is 0. The Bertz CT molecular complexity index is 764. The molecule has 0 atom stereocenters. The molecule has 4 bridgehead atoms. The van der Waals surface area contributed by atoms with E-state index in [2.05, 4.69) is 60.4 Å². The summed E-state index contributed by atoms with van der Waals surface area (Å²) in [5.41, 5.74) is 5.59. The minimum Gasteiger partial charge on any atom is -0.256 e. The molecular weight excluding hydrogens is 302 g/mol. The van der Waals surface area contributed by atoms with Crippen LogP contribution in [0.2, 0.25) is 0 Å². The van der Waals surface area contributed by atoms with Crippen molar-refractivity contribution < 1.29 is 0 Å². The molecule has 0 N–H and O–H groups in total. The van der Waals surface area contributed by atoms with Crippen molar-refractivity contribution in [3.63, 3.8) is 0 Å². The van der Waals surface area contributed by atoms with Crippen LogP contribution >= 0.6 is 0 Å². The van der Waals surface area contributed by atoms with Crippen LogP contribution < -0.4 is 0 Å². The van der Waals surface area contributed by atoms with Gasteiger partial charge in [-0.25, -0.2) is 0 Å². The molecule has 1 nitrogen and oxygen atoms in total. The average molecular weight is 329 g/mol. The molecule has 0 spiro atoms. The first-order valence-corrected chi connectivity index (χ1v) is 9.90. The standard InChI is InChI=1S/C24H27N/c1-17-3-2-4-18(9-17)16-25-23-7-5-22(6-8-23)24-13-19-10-20(14-24)12-21(11-19)15-24/h2-9,16,19-21H,10-15H2,1H3. The van der Waals surface area contributed by atoms with Gasteiger partial charge in [-0.05, 0) is 91.9 Å². The second-order valence-electron chi connectivity index (χ2n) is 8.92. The lowest BCUT2D eigenvalue weighted by molar-refractivity contribution is -0.00518. The maximum absolute atomic E-state index is 4.68. The largest absolute Gasteiger partial charge is 0.256 e. The molecule has 2 aromatic carbocycles. The Kier molecular flexibility index (Phi) is 3.58. The van der Waals surface area contributed by atoms with Crippen molar-refractivity contribution >= 4 is 11.9 Å². The lowest BCUT2D eigenvalue weighted by atomic mass is 9.48. The van der Waals surface area contributed by atoms with E-state index in [9.17, 15) is 0 Å². The summed E-state index contributed by atoms with van der Waals surface area (Å²) in [4.78, 5) is 4.68. The maximum Gasteiger partial charge on any atom is 0.0630 e. The van der Waals surface area contributed by atoms with Crippen LogP contribution in [0.1, 0.15) is 55.2 Å². The van der Waals surface area contributed by atoms with E-state index in [1.807, 2.05) is 6.21 Å². The van der Waals surface area contributed by atoms with E-state index in [0.717, 1.165) is 23.4 Å². The molecule has 0 unspecified atom stereocenters.